The second-order valence-electron chi connectivity index (χ2n) is 4.25. The number of carbonyl (C=O) groups excluding carboxylic acids is 1. The van der Waals surface area contributed by atoms with E-state index in [1.54, 1.807) is 12.1 Å². The van der Waals surface area contributed by atoms with Crippen molar-refractivity contribution in [2.75, 3.05) is 0 Å². The lowest BCUT2D eigenvalue weighted by Gasteiger charge is -1.97. The summed E-state index contributed by atoms with van der Waals surface area (Å²) in [7, 11) is 1.89. The van der Waals surface area contributed by atoms with Gasteiger partial charge >= 0.3 is 0 Å². The molecule has 5 heteroatoms. The van der Waals surface area contributed by atoms with Crippen molar-refractivity contribution in [1.82, 2.24) is 4.57 Å². The van der Waals surface area contributed by atoms with Gasteiger partial charge in [-0.3, -0.25) is 4.79 Å². The number of aryl methyl sites for hydroxylation is 1. The zero-order chi connectivity index (χ0) is 13.6. The first-order valence-electron chi connectivity index (χ1n) is 5.60. The molecule has 0 amide bonds. The predicted octanol–water partition coefficient (Wildman–Crippen LogP) is 4.42. The van der Waals surface area contributed by atoms with Gasteiger partial charge in [0.1, 0.15) is 0 Å². The molecule has 96 valence electrons. The first-order valence-corrected chi connectivity index (χ1v) is 6.77. The topological polar surface area (TPSA) is 35.1 Å². The standard InChI is InChI=1S/C14H9BrClNO2/c1-17-7-11(9-3-2-8(16)6-12(9)17)13(18)10-4-5-19-14(10)15/h2-7H,1H3. The summed E-state index contributed by atoms with van der Waals surface area (Å²) >= 11 is 9.21. The Hall–Kier alpha value is -1.52. The molecule has 3 aromatic rings. The maximum Gasteiger partial charge on any atom is 0.199 e. The molecule has 0 aliphatic rings. The van der Waals surface area contributed by atoms with Crippen LogP contribution in [0.4, 0.5) is 0 Å². The molecule has 0 spiro atoms. The normalized spacial score (nSPS) is 11.1. The highest BCUT2D eigenvalue weighted by Crippen LogP contribution is 2.28. The average Bonchev–Trinajstić information content (AvgIpc) is 2.94. The van der Waals surface area contributed by atoms with Crippen molar-refractivity contribution in [3.8, 4) is 0 Å². The predicted molar refractivity (Wildman–Crippen MR) is 77.8 cm³/mol. The van der Waals surface area contributed by atoms with Gasteiger partial charge in [0.25, 0.3) is 0 Å². The van der Waals surface area contributed by atoms with Crippen LogP contribution in [0.1, 0.15) is 15.9 Å². The Balaban J connectivity index is 2.21. The third-order valence-electron chi connectivity index (χ3n) is 3.06. The number of hydrogen-bond donors (Lipinski definition) is 0. The van der Waals surface area contributed by atoms with Gasteiger partial charge in [0.15, 0.2) is 10.5 Å². The van der Waals surface area contributed by atoms with Gasteiger partial charge in [0.2, 0.25) is 0 Å². The van der Waals surface area contributed by atoms with Crippen LogP contribution in [-0.2, 0) is 7.05 Å². The minimum absolute atomic E-state index is 0.0754. The van der Waals surface area contributed by atoms with Crippen LogP contribution in [0.15, 0.2) is 45.8 Å². The van der Waals surface area contributed by atoms with Gasteiger partial charge < -0.3 is 8.98 Å². The van der Waals surface area contributed by atoms with Crippen molar-refractivity contribution in [3.05, 3.63) is 57.5 Å². The summed E-state index contributed by atoms with van der Waals surface area (Å²) in [5, 5.41) is 1.53. The third-order valence-corrected chi connectivity index (χ3v) is 3.91. The Bertz CT molecular complexity index is 788. The summed E-state index contributed by atoms with van der Waals surface area (Å²) in [6.45, 7) is 0. The van der Waals surface area contributed by atoms with E-state index in [4.69, 9.17) is 16.0 Å². The second-order valence-corrected chi connectivity index (χ2v) is 5.41. The molecular weight excluding hydrogens is 330 g/mol. The lowest BCUT2D eigenvalue weighted by molar-refractivity contribution is 0.103. The Morgan fingerprint density at radius 3 is 2.79 bits per heavy atom. The number of hydrogen-bond acceptors (Lipinski definition) is 2. The number of benzene rings is 1. The number of rotatable bonds is 2. The molecule has 0 aliphatic carbocycles. The molecule has 0 atom stereocenters. The molecule has 3 nitrogen and oxygen atoms in total. The SMILES string of the molecule is Cn1cc(C(=O)c2ccoc2Br)c2ccc(Cl)cc21. The first-order chi connectivity index (χ1) is 9.08. The minimum atomic E-state index is -0.0754. The summed E-state index contributed by atoms with van der Waals surface area (Å²) in [6.07, 6.45) is 3.29. The fraction of sp³-hybridized carbons (Fsp3) is 0.0714. The Morgan fingerprint density at radius 1 is 1.32 bits per heavy atom. The molecule has 2 aromatic heterocycles. The number of aromatic nitrogens is 1. The molecule has 0 radical (unpaired) electrons. The molecule has 0 N–H and O–H groups in total. The van der Waals surface area contributed by atoms with E-state index < -0.39 is 0 Å². The van der Waals surface area contributed by atoms with Gasteiger partial charge in [-0.05, 0) is 34.1 Å². The average molecular weight is 339 g/mol. The number of nitrogens with zero attached hydrogens (tertiary/aromatic N) is 1. The van der Waals surface area contributed by atoms with E-state index in [9.17, 15) is 4.79 Å². The zero-order valence-corrected chi connectivity index (χ0v) is 12.3. The molecule has 0 unspecified atom stereocenters. The maximum absolute atomic E-state index is 12.5. The van der Waals surface area contributed by atoms with Crippen LogP contribution in [0.2, 0.25) is 5.02 Å². The van der Waals surface area contributed by atoms with E-state index in [1.165, 1.54) is 6.26 Å². The highest BCUT2D eigenvalue weighted by atomic mass is 79.9. The van der Waals surface area contributed by atoms with E-state index in [0.717, 1.165) is 10.9 Å². The van der Waals surface area contributed by atoms with E-state index in [2.05, 4.69) is 15.9 Å². The van der Waals surface area contributed by atoms with Crippen molar-refractivity contribution in [2.45, 2.75) is 0 Å². The molecule has 0 bridgehead atoms. The van der Waals surface area contributed by atoms with Gasteiger partial charge in [0, 0.05) is 34.7 Å². The van der Waals surface area contributed by atoms with E-state index >= 15 is 0 Å². The number of furan rings is 1. The van der Waals surface area contributed by atoms with Gasteiger partial charge in [-0.25, -0.2) is 0 Å². The largest absolute Gasteiger partial charge is 0.457 e. The zero-order valence-electron chi connectivity index (χ0n) is 9.98. The van der Waals surface area contributed by atoms with Crippen LogP contribution in [0.3, 0.4) is 0 Å². The van der Waals surface area contributed by atoms with Crippen molar-refractivity contribution < 1.29 is 9.21 Å². The number of halogens is 2. The van der Waals surface area contributed by atoms with Crippen LogP contribution in [-0.4, -0.2) is 10.4 Å². The highest BCUT2D eigenvalue weighted by Gasteiger charge is 2.19. The van der Waals surface area contributed by atoms with Crippen LogP contribution in [0.25, 0.3) is 10.9 Å². The van der Waals surface area contributed by atoms with Crippen LogP contribution in [0, 0.1) is 0 Å². The van der Waals surface area contributed by atoms with Crippen LogP contribution >= 0.6 is 27.5 Å². The minimum Gasteiger partial charge on any atom is -0.457 e. The van der Waals surface area contributed by atoms with Crippen molar-refractivity contribution in [3.63, 3.8) is 0 Å². The Labute approximate surface area is 122 Å². The lowest BCUT2D eigenvalue weighted by Crippen LogP contribution is -1.99. The highest BCUT2D eigenvalue weighted by molar-refractivity contribution is 9.10. The monoisotopic (exact) mass is 337 g/mol. The molecule has 1 aromatic carbocycles. The molecule has 0 aliphatic heterocycles. The van der Waals surface area contributed by atoms with E-state index in [1.807, 2.05) is 29.9 Å². The van der Waals surface area contributed by atoms with E-state index in [0.29, 0.717) is 20.8 Å². The van der Waals surface area contributed by atoms with Crippen molar-refractivity contribution in [2.24, 2.45) is 7.05 Å². The van der Waals surface area contributed by atoms with Gasteiger partial charge in [0.05, 0.1) is 11.8 Å². The molecule has 0 saturated carbocycles. The summed E-state index contributed by atoms with van der Waals surface area (Å²) in [5.41, 5.74) is 2.08. The van der Waals surface area contributed by atoms with Gasteiger partial charge in [-0.2, -0.15) is 0 Å². The van der Waals surface area contributed by atoms with Crippen molar-refractivity contribution >= 4 is 44.2 Å². The summed E-state index contributed by atoms with van der Waals surface area (Å²) in [4.78, 5) is 12.5. The fourth-order valence-electron chi connectivity index (χ4n) is 2.14. The fourth-order valence-corrected chi connectivity index (χ4v) is 2.73. The quantitative estimate of drug-likeness (QED) is 0.648. The molecule has 19 heavy (non-hydrogen) atoms. The molecular formula is C14H9BrClNO2. The lowest BCUT2D eigenvalue weighted by atomic mass is 10.1. The number of fused-ring (bicyclic) bond motifs is 1. The summed E-state index contributed by atoms with van der Waals surface area (Å²) in [5.74, 6) is -0.0754. The van der Waals surface area contributed by atoms with Crippen LogP contribution < -0.4 is 0 Å². The second kappa shape index (κ2) is 4.54. The molecule has 0 fully saturated rings. The third kappa shape index (κ3) is 2.01. The van der Waals surface area contributed by atoms with Crippen molar-refractivity contribution in [1.29, 1.82) is 0 Å². The van der Waals surface area contributed by atoms with E-state index in [-0.39, 0.29) is 5.78 Å². The Morgan fingerprint density at radius 2 is 2.11 bits per heavy atom. The smallest absolute Gasteiger partial charge is 0.199 e. The molecule has 2 heterocycles. The number of carbonyl (C=O) groups is 1. The summed E-state index contributed by atoms with van der Waals surface area (Å²) < 4.78 is 7.45. The number of ketones is 1. The Kier molecular flexibility index (Phi) is 2.99. The maximum atomic E-state index is 12.5. The summed E-state index contributed by atoms with van der Waals surface area (Å²) in [6, 6.07) is 7.14. The first kappa shape index (κ1) is 12.5. The van der Waals surface area contributed by atoms with Gasteiger partial charge in [-0.15, -0.1) is 0 Å². The molecule has 3 rings (SSSR count). The van der Waals surface area contributed by atoms with Crippen LogP contribution in [0.5, 0.6) is 0 Å². The van der Waals surface area contributed by atoms with Gasteiger partial charge in [-0.1, -0.05) is 17.7 Å². The molecule has 0 saturated heterocycles.